The molecule has 13 heavy (non-hydrogen) atoms. The fourth-order valence-electron chi connectivity index (χ4n) is 0.885. The lowest BCUT2D eigenvalue weighted by atomic mass is 10.1. The number of benzene rings is 1. The molecule has 1 aromatic carbocycles. The fraction of sp³-hybridized carbons (Fsp3) is 0.125. The zero-order valence-electron chi connectivity index (χ0n) is 6.35. The molecule has 0 aliphatic rings. The van der Waals surface area contributed by atoms with Gasteiger partial charge in [0.05, 0.1) is 6.42 Å². The molecule has 1 N–H and O–H groups in total. The molecule has 0 aromatic heterocycles. The van der Waals surface area contributed by atoms with Gasteiger partial charge in [-0.2, -0.15) is 0 Å². The van der Waals surface area contributed by atoms with Crippen LogP contribution in [-0.2, 0) is 11.2 Å². The van der Waals surface area contributed by atoms with Crippen molar-refractivity contribution in [1.82, 2.24) is 0 Å². The molecule has 0 aliphatic carbocycles. The number of hydrogen-bond acceptors (Lipinski definition) is 1. The summed E-state index contributed by atoms with van der Waals surface area (Å²) >= 11 is 5.19. The molecule has 5 heteroatoms. The van der Waals surface area contributed by atoms with E-state index in [-0.39, 0.29) is 5.56 Å². The summed E-state index contributed by atoms with van der Waals surface area (Å²) in [6.07, 6.45) is -0.426. The van der Waals surface area contributed by atoms with Gasteiger partial charge in [-0.15, -0.1) is 0 Å². The lowest BCUT2D eigenvalue weighted by molar-refractivity contribution is -0.136. The molecule has 0 radical (unpaired) electrons. The molecular formula is C8H5ClF2O2. The van der Waals surface area contributed by atoms with Crippen molar-refractivity contribution in [2.45, 2.75) is 6.42 Å². The summed E-state index contributed by atoms with van der Waals surface area (Å²) in [4.78, 5) is 10.2. The minimum absolute atomic E-state index is 0.0481. The lowest BCUT2D eigenvalue weighted by Gasteiger charge is -2.00. The highest BCUT2D eigenvalue weighted by molar-refractivity contribution is 6.30. The van der Waals surface area contributed by atoms with Gasteiger partial charge in [0.25, 0.3) is 0 Å². The highest BCUT2D eigenvalue weighted by Gasteiger charge is 2.10. The van der Waals surface area contributed by atoms with Crippen molar-refractivity contribution in [3.05, 3.63) is 34.4 Å². The molecule has 0 saturated heterocycles. The van der Waals surface area contributed by atoms with Crippen molar-refractivity contribution in [3.8, 4) is 0 Å². The monoisotopic (exact) mass is 206 g/mol. The van der Waals surface area contributed by atoms with Crippen molar-refractivity contribution in [1.29, 1.82) is 0 Å². The Bertz CT molecular complexity index is 329. The molecule has 0 amide bonds. The third kappa shape index (κ3) is 2.39. The summed E-state index contributed by atoms with van der Waals surface area (Å²) in [5.41, 5.74) is 0.0481. The summed E-state index contributed by atoms with van der Waals surface area (Å²) in [7, 11) is 0. The predicted octanol–water partition coefficient (Wildman–Crippen LogP) is 2.25. The average Bonchev–Trinajstić information content (AvgIpc) is 1.98. The van der Waals surface area contributed by atoms with Crippen LogP contribution in [0.2, 0.25) is 5.02 Å². The predicted molar refractivity (Wildman–Crippen MR) is 42.7 cm³/mol. The number of carboxylic acid groups (broad SMARTS) is 1. The van der Waals surface area contributed by atoms with Gasteiger partial charge in [-0.25, -0.2) is 8.78 Å². The van der Waals surface area contributed by atoms with E-state index < -0.39 is 29.0 Å². The van der Waals surface area contributed by atoms with Gasteiger partial charge in [-0.05, 0) is 17.7 Å². The SMILES string of the molecule is O=C(O)Cc1cc(F)c(Cl)c(F)c1. The van der Waals surface area contributed by atoms with E-state index in [0.29, 0.717) is 0 Å². The van der Waals surface area contributed by atoms with Crippen LogP contribution in [0.3, 0.4) is 0 Å². The number of halogens is 3. The van der Waals surface area contributed by atoms with Crippen molar-refractivity contribution in [3.63, 3.8) is 0 Å². The molecule has 1 rings (SSSR count). The first-order chi connectivity index (χ1) is 6.00. The molecule has 0 atom stereocenters. The van der Waals surface area contributed by atoms with Crippen molar-refractivity contribution < 1.29 is 18.7 Å². The maximum atomic E-state index is 12.7. The van der Waals surface area contributed by atoms with E-state index in [1.165, 1.54) is 0 Å². The van der Waals surface area contributed by atoms with Gasteiger partial charge in [0.2, 0.25) is 0 Å². The Morgan fingerprint density at radius 2 is 1.85 bits per heavy atom. The first kappa shape index (κ1) is 9.92. The van der Waals surface area contributed by atoms with Gasteiger partial charge in [0, 0.05) is 0 Å². The zero-order valence-corrected chi connectivity index (χ0v) is 7.11. The Hall–Kier alpha value is -1.16. The second-order valence-electron chi connectivity index (χ2n) is 2.44. The van der Waals surface area contributed by atoms with E-state index in [9.17, 15) is 13.6 Å². The third-order valence-electron chi connectivity index (χ3n) is 1.40. The summed E-state index contributed by atoms with van der Waals surface area (Å²) < 4.78 is 25.5. The van der Waals surface area contributed by atoms with Crippen LogP contribution >= 0.6 is 11.6 Å². The highest BCUT2D eigenvalue weighted by atomic mass is 35.5. The normalized spacial score (nSPS) is 10.1. The molecule has 0 bridgehead atoms. The van der Waals surface area contributed by atoms with E-state index in [0.717, 1.165) is 12.1 Å². The van der Waals surface area contributed by atoms with Gasteiger partial charge < -0.3 is 5.11 Å². The Labute approximate surface area is 77.8 Å². The minimum Gasteiger partial charge on any atom is -0.481 e. The summed E-state index contributed by atoms with van der Waals surface area (Å²) in [5.74, 6) is -3.04. The van der Waals surface area contributed by atoms with E-state index in [1.807, 2.05) is 0 Å². The third-order valence-corrected chi connectivity index (χ3v) is 1.76. The van der Waals surface area contributed by atoms with E-state index in [1.54, 1.807) is 0 Å². The maximum Gasteiger partial charge on any atom is 0.307 e. The quantitative estimate of drug-likeness (QED) is 0.754. The molecule has 2 nitrogen and oxygen atoms in total. The Morgan fingerprint density at radius 3 is 2.23 bits per heavy atom. The van der Waals surface area contributed by atoms with Crippen LogP contribution in [0.5, 0.6) is 0 Å². The van der Waals surface area contributed by atoms with Gasteiger partial charge in [-0.3, -0.25) is 4.79 Å². The number of rotatable bonds is 2. The van der Waals surface area contributed by atoms with Crippen LogP contribution in [-0.4, -0.2) is 11.1 Å². The van der Waals surface area contributed by atoms with Gasteiger partial charge in [0.15, 0.2) is 0 Å². The largest absolute Gasteiger partial charge is 0.481 e. The van der Waals surface area contributed by atoms with Crippen LogP contribution in [0.1, 0.15) is 5.56 Å². The van der Waals surface area contributed by atoms with Crippen molar-refractivity contribution in [2.24, 2.45) is 0 Å². The van der Waals surface area contributed by atoms with Crippen molar-refractivity contribution >= 4 is 17.6 Å². The topological polar surface area (TPSA) is 37.3 Å². The maximum absolute atomic E-state index is 12.7. The van der Waals surface area contributed by atoms with Gasteiger partial charge >= 0.3 is 5.97 Å². The first-order valence-corrected chi connectivity index (χ1v) is 3.73. The Kier molecular flexibility index (Phi) is 2.83. The molecule has 0 aliphatic heterocycles. The molecular weight excluding hydrogens is 202 g/mol. The first-order valence-electron chi connectivity index (χ1n) is 3.36. The second-order valence-corrected chi connectivity index (χ2v) is 2.82. The zero-order chi connectivity index (χ0) is 10.0. The number of aliphatic carboxylic acids is 1. The summed E-state index contributed by atoms with van der Waals surface area (Å²) in [6, 6.07) is 1.80. The lowest BCUT2D eigenvalue weighted by Crippen LogP contribution is -2.01. The number of carboxylic acids is 1. The smallest absolute Gasteiger partial charge is 0.307 e. The molecule has 1 aromatic rings. The van der Waals surface area contributed by atoms with E-state index in [4.69, 9.17) is 16.7 Å². The molecule has 0 heterocycles. The molecule has 0 fully saturated rings. The fourth-order valence-corrected chi connectivity index (χ4v) is 0.994. The van der Waals surface area contributed by atoms with Gasteiger partial charge in [0.1, 0.15) is 16.7 Å². The van der Waals surface area contributed by atoms with Crippen molar-refractivity contribution in [2.75, 3.05) is 0 Å². The standard InChI is InChI=1S/C8H5ClF2O2/c9-8-5(10)1-4(2-6(8)11)3-7(12)13/h1-2H,3H2,(H,12,13). The van der Waals surface area contributed by atoms with Crippen LogP contribution in [0, 0.1) is 11.6 Å². The van der Waals surface area contributed by atoms with Crippen LogP contribution in [0.15, 0.2) is 12.1 Å². The molecule has 0 spiro atoms. The molecule has 0 unspecified atom stereocenters. The Balaban J connectivity index is 3.06. The second kappa shape index (κ2) is 3.70. The van der Waals surface area contributed by atoms with Crippen LogP contribution < -0.4 is 0 Å². The van der Waals surface area contributed by atoms with Crippen LogP contribution in [0.25, 0.3) is 0 Å². The van der Waals surface area contributed by atoms with Gasteiger partial charge in [-0.1, -0.05) is 11.6 Å². The molecule has 70 valence electrons. The number of carbonyl (C=O) groups is 1. The van der Waals surface area contributed by atoms with E-state index >= 15 is 0 Å². The summed E-state index contributed by atoms with van der Waals surface area (Å²) in [5, 5.41) is 7.72. The number of hydrogen-bond donors (Lipinski definition) is 1. The highest BCUT2D eigenvalue weighted by Crippen LogP contribution is 2.20. The Morgan fingerprint density at radius 1 is 1.38 bits per heavy atom. The molecule has 0 saturated carbocycles. The average molecular weight is 207 g/mol. The minimum atomic E-state index is -1.15. The van der Waals surface area contributed by atoms with Crippen LogP contribution in [0.4, 0.5) is 8.78 Å². The van der Waals surface area contributed by atoms with E-state index in [2.05, 4.69) is 0 Å². The summed E-state index contributed by atoms with van der Waals surface area (Å²) in [6.45, 7) is 0.